The number of nitrogens with zero attached hydrogens (tertiary/aromatic N) is 4. The summed E-state index contributed by atoms with van der Waals surface area (Å²) in [4.78, 5) is 12.0. The number of aliphatic imine (C=N–C) groups is 1. The maximum Gasteiger partial charge on any atom is 0.194 e. The minimum absolute atomic E-state index is 0.556. The van der Waals surface area contributed by atoms with Crippen molar-refractivity contribution in [1.82, 2.24) is 15.1 Å². The maximum atomic E-state index is 5.25. The monoisotopic (exact) mass is 361 g/mol. The summed E-state index contributed by atoms with van der Waals surface area (Å²) in [5, 5.41) is 3.45. The van der Waals surface area contributed by atoms with Gasteiger partial charge in [0.1, 0.15) is 5.75 Å². The Morgan fingerprint density at radius 3 is 2.38 bits per heavy atom. The van der Waals surface area contributed by atoms with E-state index in [2.05, 4.69) is 60.0 Å². The van der Waals surface area contributed by atoms with Crippen molar-refractivity contribution in [1.29, 1.82) is 0 Å². The predicted molar refractivity (Wildman–Crippen MR) is 111 cm³/mol. The van der Waals surface area contributed by atoms with Gasteiger partial charge in [-0.15, -0.1) is 0 Å². The molecule has 0 aliphatic carbocycles. The molecule has 1 heterocycles. The molecular weight excluding hydrogens is 326 g/mol. The fourth-order valence-electron chi connectivity index (χ4n) is 2.97. The van der Waals surface area contributed by atoms with Gasteiger partial charge in [-0.3, -0.25) is 4.99 Å². The molecule has 146 valence electrons. The van der Waals surface area contributed by atoms with Gasteiger partial charge in [-0.25, -0.2) is 0 Å². The third-order valence-electron chi connectivity index (χ3n) is 4.95. The molecule has 1 aromatic carbocycles. The fraction of sp³-hybridized carbons (Fsp3) is 0.650. The Balaban J connectivity index is 1.89. The van der Waals surface area contributed by atoms with Crippen LogP contribution in [-0.2, 0) is 0 Å². The summed E-state index contributed by atoms with van der Waals surface area (Å²) < 4.78 is 5.25. The summed E-state index contributed by atoms with van der Waals surface area (Å²) in [7, 11) is 3.86. The van der Waals surface area contributed by atoms with E-state index < -0.39 is 0 Å². The Bertz CT molecular complexity index is 550. The Labute approximate surface area is 158 Å². The summed E-state index contributed by atoms with van der Waals surface area (Å²) in [5.41, 5.74) is 1.26. The SMILES string of the molecule is CCNC(=NCCN(C)C(C)C)N1CCN(c2ccc(OC)cc2)CC1. The Kier molecular flexibility index (Phi) is 8.04. The van der Waals surface area contributed by atoms with Crippen molar-refractivity contribution in [2.45, 2.75) is 26.8 Å². The first kappa shape index (κ1) is 20.4. The van der Waals surface area contributed by atoms with Gasteiger partial charge in [-0.1, -0.05) is 0 Å². The van der Waals surface area contributed by atoms with E-state index in [9.17, 15) is 0 Å². The maximum absolute atomic E-state index is 5.25. The van der Waals surface area contributed by atoms with E-state index >= 15 is 0 Å². The molecule has 1 saturated heterocycles. The lowest BCUT2D eigenvalue weighted by molar-refractivity contribution is 0.281. The molecule has 0 spiro atoms. The first-order valence-electron chi connectivity index (χ1n) is 9.67. The third kappa shape index (κ3) is 5.80. The van der Waals surface area contributed by atoms with E-state index in [1.165, 1.54) is 5.69 Å². The van der Waals surface area contributed by atoms with Gasteiger partial charge in [0.15, 0.2) is 5.96 Å². The molecule has 2 rings (SSSR count). The molecule has 0 unspecified atom stereocenters. The van der Waals surface area contributed by atoms with Gasteiger partial charge >= 0.3 is 0 Å². The van der Waals surface area contributed by atoms with Gasteiger partial charge < -0.3 is 24.8 Å². The summed E-state index contributed by atoms with van der Waals surface area (Å²) >= 11 is 0. The van der Waals surface area contributed by atoms with Crippen LogP contribution in [0.4, 0.5) is 5.69 Å². The lowest BCUT2D eigenvalue weighted by atomic mass is 10.2. The molecule has 0 atom stereocenters. The number of hydrogen-bond acceptors (Lipinski definition) is 4. The van der Waals surface area contributed by atoms with Gasteiger partial charge in [0.05, 0.1) is 13.7 Å². The number of nitrogens with one attached hydrogen (secondary N) is 1. The number of guanidine groups is 1. The zero-order valence-electron chi connectivity index (χ0n) is 17.0. The van der Waals surface area contributed by atoms with Crippen molar-refractivity contribution >= 4 is 11.6 Å². The Hall–Kier alpha value is -1.95. The van der Waals surface area contributed by atoms with Crippen LogP contribution in [0, 0.1) is 0 Å². The van der Waals surface area contributed by atoms with E-state index in [-0.39, 0.29) is 0 Å². The topological polar surface area (TPSA) is 43.3 Å². The normalized spacial score (nSPS) is 15.7. The van der Waals surface area contributed by atoms with E-state index in [0.717, 1.165) is 57.5 Å². The molecule has 0 aromatic heterocycles. The van der Waals surface area contributed by atoms with E-state index in [0.29, 0.717) is 6.04 Å². The molecule has 26 heavy (non-hydrogen) atoms. The van der Waals surface area contributed by atoms with Crippen LogP contribution in [0.15, 0.2) is 29.3 Å². The highest BCUT2D eigenvalue weighted by atomic mass is 16.5. The number of rotatable bonds is 7. The molecule has 1 N–H and O–H groups in total. The van der Waals surface area contributed by atoms with Crippen molar-refractivity contribution in [3.8, 4) is 5.75 Å². The van der Waals surface area contributed by atoms with Crippen LogP contribution in [0.3, 0.4) is 0 Å². The minimum atomic E-state index is 0.556. The van der Waals surface area contributed by atoms with Crippen LogP contribution in [0.1, 0.15) is 20.8 Å². The van der Waals surface area contributed by atoms with E-state index in [1.807, 2.05) is 12.1 Å². The fourth-order valence-corrected chi connectivity index (χ4v) is 2.97. The standard InChI is InChI=1S/C20H35N5O/c1-6-21-20(22-11-12-23(4)17(2)3)25-15-13-24(14-16-25)18-7-9-19(26-5)10-8-18/h7-10,17H,6,11-16H2,1-5H3,(H,21,22). The van der Waals surface area contributed by atoms with Crippen LogP contribution < -0.4 is 15.0 Å². The molecule has 0 amide bonds. The molecule has 1 aliphatic heterocycles. The van der Waals surface area contributed by atoms with Gasteiger partial charge in [0, 0.05) is 51.0 Å². The number of likely N-dealkylation sites (N-methyl/N-ethyl adjacent to an activating group) is 1. The molecule has 6 nitrogen and oxygen atoms in total. The average Bonchev–Trinajstić information content (AvgIpc) is 2.67. The number of ether oxygens (including phenoxy) is 1. The smallest absolute Gasteiger partial charge is 0.194 e. The third-order valence-corrected chi connectivity index (χ3v) is 4.95. The van der Waals surface area contributed by atoms with E-state index in [4.69, 9.17) is 9.73 Å². The van der Waals surface area contributed by atoms with Crippen molar-refractivity contribution in [2.75, 3.05) is 64.9 Å². The van der Waals surface area contributed by atoms with Crippen molar-refractivity contribution in [2.24, 2.45) is 4.99 Å². The minimum Gasteiger partial charge on any atom is -0.497 e. The summed E-state index contributed by atoms with van der Waals surface area (Å²) in [5.74, 6) is 1.94. The first-order chi connectivity index (χ1) is 12.5. The highest BCUT2D eigenvalue weighted by Crippen LogP contribution is 2.20. The molecule has 1 aromatic rings. The largest absolute Gasteiger partial charge is 0.497 e. The van der Waals surface area contributed by atoms with Gasteiger partial charge in [-0.2, -0.15) is 0 Å². The zero-order valence-corrected chi connectivity index (χ0v) is 17.0. The molecule has 0 radical (unpaired) electrons. The molecule has 0 bridgehead atoms. The summed E-state index contributed by atoms with van der Waals surface area (Å²) in [6, 6.07) is 8.88. The molecule has 0 saturated carbocycles. The number of benzene rings is 1. The lowest BCUT2D eigenvalue weighted by Crippen LogP contribution is -2.52. The summed E-state index contributed by atoms with van der Waals surface area (Å²) in [6.45, 7) is 13.2. The van der Waals surface area contributed by atoms with Crippen molar-refractivity contribution < 1.29 is 4.74 Å². The second-order valence-electron chi connectivity index (χ2n) is 6.98. The molecule has 1 aliphatic rings. The number of hydrogen-bond donors (Lipinski definition) is 1. The second kappa shape index (κ2) is 10.3. The Morgan fingerprint density at radius 1 is 1.19 bits per heavy atom. The lowest BCUT2D eigenvalue weighted by Gasteiger charge is -2.37. The number of piperazine rings is 1. The van der Waals surface area contributed by atoms with Crippen molar-refractivity contribution in [3.63, 3.8) is 0 Å². The van der Waals surface area contributed by atoms with Crippen LogP contribution in [0.2, 0.25) is 0 Å². The molecule has 1 fully saturated rings. The first-order valence-corrected chi connectivity index (χ1v) is 9.67. The highest BCUT2D eigenvalue weighted by molar-refractivity contribution is 5.80. The van der Waals surface area contributed by atoms with E-state index in [1.54, 1.807) is 7.11 Å². The highest BCUT2D eigenvalue weighted by Gasteiger charge is 2.19. The van der Waals surface area contributed by atoms with Crippen LogP contribution in [0.5, 0.6) is 5.75 Å². The predicted octanol–water partition coefficient (Wildman–Crippen LogP) is 2.12. The molecular formula is C20H35N5O. The van der Waals surface area contributed by atoms with Gasteiger partial charge in [0.2, 0.25) is 0 Å². The van der Waals surface area contributed by atoms with Crippen LogP contribution in [-0.4, -0.2) is 81.8 Å². The Morgan fingerprint density at radius 2 is 1.85 bits per heavy atom. The second-order valence-corrected chi connectivity index (χ2v) is 6.98. The van der Waals surface area contributed by atoms with Crippen LogP contribution in [0.25, 0.3) is 0 Å². The zero-order chi connectivity index (χ0) is 18.9. The number of methoxy groups -OCH3 is 1. The summed E-state index contributed by atoms with van der Waals surface area (Å²) in [6.07, 6.45) is 0. The number of anilines is 1. The quantitative estimate of drug-likeness (QED) is 0.595. The van der Waals surface area contributed by atoms with Crippen molar-refractivity contribution in [3.05, 3.63) is 24.3 Å². The molecule has 6 heteroatoms. The van der Waals surface area contributed by atoms with Crippen LogP contribution >= 0.6 is 0 Å². The van der Waals surface area contributed by atoms with Gasteiger partial charge in [0.25, 0.3) is 0 Å². The average molecular weight is 362 g/mol. The van der Waals surface area contributed by atoms with Gasteiger partial charge in [-0.05, 0) is 52.1 Å².